The summed E-state index contributed by atoms with van der Waals surface area (Å²) in [7, 11) is 0. The molecular formula is C22H15Cl4F2N3O2. The maximum absolute atomic E-state index is 13.2. The van der Waals surface area contributed by atoms with Gasteiger partial charge in [-0.05, 0) is 48.7 Å². The van der Waals surface area contributed by atoms with Gasteiger partial charge < -0.3 is 10.6 Å². The van der Waals surface area contributed by atoms with Crippen LogP contribution in [0.5, 0.6) is 0 Å². The molecule has 4 rings (SSSR count). The second-order valence-electron chi connectivity index (χ2n) is 8.04. The van der Waals surface area contributed by atoms with Gasteiger partial charge in [0, 0.05) is 22.2 Å². The quantitative estimate of drug-likeness (QED) is 0.432. The summed E-state index contributed by atoms with van der Waals surface area (Å²) in [5.41, 5.74) is -0.542. The van der Waals surface area contributed by atoms with E-state index in [-0.39, 0.29) is 26.9 Å². The molecule has 0 spiro atoms. The molecule has 2 N–H and O–H groups in total. The highest BCUT2D eigenvalue weighted by Crippen LogP contribution is 2.65. The summed E-state index contributed by atoms with van der Waals surface area (Å²) in [5.74, 6) is -2.74. The van der Waals surface area contributed by atoms with E-state index in [2.05, 4.69) is 16.7 Å². The topological polar surface area (TPSA) is 82.0 Å². The monoisotopic (exact) mass is 531 g/mol. The second-order valence-corrected chi connectivity index (χ2v) is 10.3. The van der Waals surface area contributed by atoms with E-state index < -0.39 is 39.9 Å². The molecule has 0 bridgehead atoms. The first-order valence-corrected chi connectivity index (χ1v) is 11.3. The van der Waals surface area contributed by atoms with Crippen molar-refractivity contribution in [1.29, 1.82) is 5.26 Å². The highest BCUT2D eigenvalue weighted by Gasteiger charge is 2.67. The van der Waals surface area contributed by atoms with E-state index >= 15 is 0 Å². The minimum absolute atomic E-state index is 0.0885. The van der Waals surface area contributed by atoms with Crippen LogP contribution >= 0.6 is 46.4 Å². The van der Waals surface area contributed by atoms with Crippen molar-refractivity contribution < 1.29 is 18.4 Å². The summed E-state index contributed by atoms with van der Waals surface area (Å²) in [6, 6.07) is 10.4. The van der Waals surface area contributed by atoms with Gasteiger partial charge in [0.15, 0.2) is 0 Å². The Morgan fingerprint density at radius 1 is 1.09 bits per heavy atom. The van der Waals surface area contributed by atoms with Crippen LogP contribution in [-0.2, 0) is 4.79 Å². The number of halogens is 6. The van der Waals surface area contributed by atoms with Crippen molar-refractivity contribution in [2.75, 3.05) is 5.32 Å². The number of nitrogens with zero attached hydrogens (tertiary/aromatic N) is 1. The van der Waals surface area contributed by atoms with Crippen molar-refractivity contribution >= 4 is 63.9 Å². The van der Waals surface area contributed by atoms with Gasteiger partial charge in [-0.25, -0.2) is 8.78 Å². The minimum Gasteiger partial charge on any atom is -0.334 e. The van der Waals surface area contributed by atoms with Gasteiger partial charge in [0.25, 0.3) is 12.3 Å². The molecule has 2 atom stereocenters. The maximum atomic E-state index is 13.2. The number of nitrogens with one attached hydrogen (secondary N) is 2. The average molecular weight is 533 g/mol. The first kappa shape index (κ1) is 24.0. The van der Waals surface area contributed by atoms with Gasteiger partial charge in [0.2, 0.25) is 5.91 Å². The smallest absolute Gasteiger partial charge is 0.265 e. The van der Waals surface area contributed by atoms with Crippen LogP contribution in [-0.4, -0.2) is 21.7 Å². The third kappa shape index (κ3) is 4.63. The summed E-state index contributed by atoms with van der Waals surface area (Å²) < 4.78 is 24.9. The number of benzene rings is 2. The van der Waals surface area contributed by atoms with E-state index in [1.807, 2.05) is 0 Å². The molecule has 2 aromatic carbocycles. The van der Waals surface area contributed by atoms with Crippen LogP contribution in [0.3, 0.4) is 0 Å². The van der Waals surface area contributed by atoms with Crippen LogP contribution < -0.4 is 10.6 Å². The van der Waals surface area contributed by atoms with Gasteiger partial charge in [-0.2, -0.15) is 5.26 Å². The van der Waals surface area contributed by atoms with Gasteiger partial charge in [0.1, 0.15) is 9.87 Å². The van der Waals surface area contributed by atoms with Gasteiger partial charge in [0.05, 0.1) is 22.6 Å². The number of nitriles is 1. The van der Waals surface area contributed by atoms with Crippen molar-refractivity contribution in [2.45, 2.75) is 35.1 Å². The molecule has 2 amide bonds. The predicted molar refractivity (Wildman–Crippen MR) is 122 cm³/mol. The Kier molecular flexibility index (Phi) is 6.25. The summed E-state index contributed by atoms with van der Waals surface area (Å²) in [6.45, 7) is 0. The lowest BCUT2D eigenvalue weighted by atomic mass is 10.1. The van der Waals surface area contributed by atoms with Crippen molar-refractivity contribution in [1.82, 2.24) is 5.32 Å². The zero-order valence-electron chi connectivity index (χ0n) is 16.6. The Morgan fingerprint density at radius 3 is 2.36 bits per heavy atom. The number of hydrogen-bond acceptors (Lipinski definition) is 3. The maximum Gasteiger partial charge on any atom is 0.265 e. The van der Waals surface area contributed by atoms with E-state index in [9.17, 15) is 18.4 Å². The molecule has 2 unspecified atom stereocenters. The number of anilines is 1. The largest absolute Gasteiger partial charge is 0.334 e. The Balaban J connectivity index is 1.51. The number of hydrogen-bond donors (Lipinski definition) is 2. The van der Waals surface area contributed by atoms with E-state index in [0.717, 1.165) is 0 Å². The van der Waals surface area contributed by atoms with Crippen LogP contribution in [0.1, 0.15) is 46.7 Å². The third-order valence-electron chi connectivity index (χ3n) is 5.75. The molecule has 2 fully saturated rings. The lowest BCUT2D eigenvalue weighted by Crippen LogP contribution is -2.35. The van der Waals surface area contributed by atoms with Crippen LogP contribution in [0.2, 0.25) is 10.0 Å². The molecular weight excluding hydrogens is 518 g/mol. The summed E-state index contributed by atoms with van der Waals surface area (Å²) >= 11 is 24.6. The van der Waals surface area contributed by atoms with E-state index in [1.54, 1.807) is 0 Å². The van der Waals surface area contributed by atoms with Crippen LogP contribution in [0.15, 0.2) is 36.4 Å². The molecule has 0 aromatic heterocycles. The fourth-order valence-electron chi connectivity index (χ4n) is 3.66. The molecule has 2 aliphatic carbocycles. The molecule has 0 heterocycles. The number of amides is 2. The number of rotatable bonds is 6. The Labute approximate surface area is 207 Å². The average Bonchev–Trinajstić information content (AvgIpc) is 3.64. The zero-order valence-corrected chi connectivity index (χ0v) is 19.7. The standard InChI is InChI=1S/C22H15Cl4F2N3O2/c23-14-3-1-10(7-12(14)18(27)28)16-17(22(16,25)26)20(33)30-11-2-4-15(24)13(8-11)19(32)31-21(9-29)5-6-21/h1-4,7-8,16-18H,5-6H2,(H,30,33)(H,31,32). The number of carbonyl (C=O) groups is 2. The molecule has 33 heavy (non-hydrogen) atoms. The molecule has 2 aliphatic rings. The molecule has 5 nitrogen and oxygen atoms in total. The Morgan fingerprint density at radius 2 is 1.76 bits per heavy atom. The van der Waals surface area contributed by atoms with E-state index in [0.29, 0.717) is 18.4 Å². The zero-order chi connectivity index (χ0) is 24.1. The number of alkyl halides is 4. The van der Waals surface area contributed by atoms with Crippen LogP contribution in [0.4, 0.5) is 14.5 Å². The normalized spacial score (nSPS) is 21.8. The van der Waals surface area contributed by atoms with Gasteiger partial charge >= 0.3 is 0 Å². The summed E-state index contributed by atoms with van der Waals surface area (Å²) in [5, 5.41) is 14.5. The predicted octanol–water partition coefficient (Wildman–Crippen LogP) is 6.24. The lowest BCUT2D eigenvalue weighted by Gasteiger charge is -2.12. The third-order valence-corrected chi connectivity index (χ3v) is 7.36. The summed E-state index contributed by atoms with van der Waals surface area (Å²) in [4.78, 5) is 25.4. The highest BCUT2D eigenvalue weighted by molar-refractivity contribution is 6.53. The van der Waals surface area contributed by atoms with Crippen molar-refractivity contribution in [2.24, 2.45) is 5.92 Å². The molecule has 2 aromatic rings. The van der Waals surface area contributed by atoms with Crippen LogP contribution in [0, 0.1) is 17.2 Å². The van der Waals surface area contributed by atoms with Gasteiger partial charge in [-0.15, -0.1) is 23.2 Å². The van der Waals surface area contributed by atoms with Crippen molar-refractivity contribution in [3.05, 3.63) is 63.1 Å². The fraction of sp³-hybridized carbons (Fsp3) is 0.318. The van der Waals surface area contributed by atoms with Gasteiger partial charge in [-0.1, -0.05) is 29.3 Å². The Hall–Kier alpha value is -2.11. The minimum atomic E-state index is -2.79. The first-order chi connectivity index (χ1) is 15.5. The SMILES string of the molecule is N#CC1(NC(=O)c2cc(NC(=O)C3C(c4ccc(Cl)c(C(F)F)c4)C3(Cl)Cl)ccc2Cl)CC1. The number of carbonyl (C=O) groups excluding carboxylic acids is 2. The van der Waals surface area contributed by atoms with E-state index in [4.69, 9.17) is 51.7 Å². The molecule has 0 saturated heterocycles. The molecule has 11 heteroatoms. The van der Waals surface area contributed by atoms with Gasteiger partial charge in [-0.3, -0.25) is 9.59 Å². The van der Waals surface area contributed by atoms with E-state index in [1.165, 1.54) is 36.4 Å². The van der Waals surface area contributed by atoms with Crippen molar-refractivity contribution in [3.63, 3.8) is 0 Å². The Bertz CT molecular complexity index is 1190. The first-order valence-electron chi connectivity index (χ1n) is 9.78. The highest BCUT2D eigenvalue weighted by atomic mass is 35.5. The fourth-order valence-corrected chi connectivity index (χ4v) is 4.89. The summed E-state index contributed by atoms with van der Waals surface area (Å²) in [6.07, 6.45) is -1.69. The molecule has 0 aliphatic heterocycles. The van der Waals surface area contributed by atoms with Crippen LogP contribution in [0.25, 0.3) is 0 Å². The second kappa shape index (κ2) is 8.59. The van der Waals surface area contributed by atoms with Crippen molar-refractivity contribution in [3.8, 4) is 6.07 Å². The lowest BCUT2D eigenvalue weighted by molar-refractivity contribution is -0.117. The molecule has 2 saturated carbocycles. The molecule has 172 valence electrons. The molecule has 0 radical (unpaired) electrons.